The standard InChI is InChI=1S/C20H26F2N2O2Si/c1-23-18(14-8-6-13(7-9-14)12-26-2)20(25)24-15-10-16(21)19(17(22)11-15)27(3,4)5/h6-11,18,23H,12H2,1-5H3,(H,24,25). The van der Waals surface area contributed by atoms with Gasteiger partial charge >= 0.3 is 0 Å². The first-order valence-electron chi connectivity index (χ1n) is 8.72. The highest BCUT2D eigenvalue weighted by molar-refractivity contribution is 6.88. The molecule has 1 atom stereocenters. The van der Waals surface area contributed by atoms with Crippen LogP contribution >= 0.6 is 0 Å². The molecule has 0 fully saturated rings. The van der Waals surface area contributed by atoms with E-state index in [1.54, 1.807) is 14.2 Å². The number of methoxy groups -OCH3 is 1. The Labute approximate surface area is 159 Å². The summed E-state index contributed by atoms with van der Waals surface area (Å²) < 4.78 is 33.9. The number of likely N-dealkylation sites (N-methyl/N-ethyl adjacent to an activating group) is 1. The minimum Gasteiger partial charge on any atom is -0.380 e. The van der Waals surface area contributed by atoms with Crippen LogP contribution in [0.5, 0.6) is 0 Å². The van der Waals surface area contributed by atoms with Crippen LogP contribution in [0.1, 0.15) is 17.2 Å². The van der Waals surface area contributed by atoms with Gasteiger partial charge in [0.15, 0.2) is 0 Å². The summed E-state index contributed by atoms with van der Waals surface area (Å²) in [6.45, 7) is 6.10. The molecular formula is C20H26F2N2O2Si. The Morgan fingerprint density at radius 3 is 2.11 bits per heavy atom. The average Bonchev–Trinajstić information content (AvgIpc) is 2.55. The Morgan fingerprint density at radius 1 is 1.11 bits per heavy atom. The number of anilines is 1. The van der Waals surface area contributed by atoms with Gasteiger partial charge in [-0.25, -0.2) is 8.78 Å². The number of hydrogen-bond donors (Lipinski definition) is 2. The molecule has 146 valence electrons. The van der Waals surface area contributed by atoms with Gasteiger partial charge in [-0.1, -0.05) is 43.9 Å². The summed E-state index contributed by atoms with van der Waals surface area (Å²) >= 11 is 0. The van der Waals surface area contributed by atoms with Crippen molar-refractivity contribution < 1.29 is 18.3 Å². The van der Waals surface area contributed by atoms with Crippen molar-refractivity contribution in [3.63, 3.8) is 0 Å². The lowest BCUT2D eigenvalue weighted by Crippen LogP contribution is -2.42. The second-order valence-corrected chi connectivity index (χ2v) is 12.5. The minimum atomic E-state index is -2.16. The van der Waals surface area contributed by atoms with Gasteiger partial charge < -0.3 is 15.4 Å². The second kappa shape index (κ2) is 8.73. The predicted octanol–water partition coefficient (Wildman–Crippen LogP) is 3.56. The molecule has 0 saturated carbocycles. The van der Waals surface area contributed by atoms with E-state index >= 15 is 0 Å². The molecule has 0 aliphatic rings. The number of hydrogen-bond acceptors (Lipinski definition) is 3. The van der Waals surface area contributed by atoms with E-state index < -0.39 is 31.7 Å². The number of rotatable bonds is 7. The number of amides is 1. The number of halogens is 2. The highest BCUT2D eigenvalue weighted by atomic mass is 28.3. The highest BCUT2D eigenvalue weighted by Crippen LogP contribution is 2.20. The van der Waals surface area contributed by atoms with Crippen molar-refractivity contribution in [2.24, 2.45) is 0 Å². The van der Waals surface area contributed by atoms with Crippen LogP contribution < -0.4 is 15.8 Å². The van der Waals surface area contributed by atoms with Crippen LogP contribution in [-0.2, 0) is 16.1 Å². The van der Waals surface area contributed by atoms with E-state index in [0.29, 0.717) is 6.61 Å². The molecule has 0 aliphatic heterocycles. The SMILES string of the molecule is CNC(C(=O)Nc1cc(F)c([Si](C)(C)C)c(F)c1)c1ccc(COC)cc1. The largest absolute Gasteiger partial charge is 0.380 e. The van der Waals surface area contributed by atoms with E-state index in [9.17, 15) is 13.6 Å². The van der Waals surface area contributed by atoms with Crippen LogP contribution in [0.4, 0.5) is 14.5 Å². The molecule has 7 heteroatoms. The third kappa shape index (κ3) is 5.21. The Kier molecular flexibility index (Phi) is 6.86. The molecule has 2 rings (SSSR count). The van der Waals surface area contributed by atoms with Gasteiger partial charge in [-0.2, -0.15) is 0 Å². The predicted molar refractivity (Wildman–Crippen MR) is 107 cm³/mol. The van der Waals surface area contributed by atoms with Gasteiger partial charge in [0.1, 0.15) is 17.7 Å². The molecule has 4 nitrogen and oxygen atoms in total. The molecule has 0 aromatic heterocycles. The van der Waals surface area contributed by atoms with Crippen molar-refractivity contribution in [2.45, 2.75) is 32.3 Å². The van der Waals surface area contributed by atoms with Crippen LogP contribution in [0, 0.1) is 11.6 Å². The van der Waals surface area contributed by atoms with E-state index in [0.717, 1.165) is 11.1 Å². The Balaban J connectivity index is 2.22. The number of ether oxygens (including phenoxy) is 1. The van der Waals surface area contributed by atoms with Gasteiger partial charge in [0.25, 0.3) is 0 Å². The molecule has 0 aliphatic carbocycles. The summed E-state index contributed by atoms with van der Waals surface area (Å²) in [4.78, 5) is 12.6. The van der Waals surface area contributed by atoms with Gasteiger partial charge in [0, 0.05) is 18.0 Å². The quantitative estimate of drug-likeness (QED) is 0.709. The van der Waals surface area contributed by atoms with Gasteiger partial charge in [-0.05, 0) is 30.3 Å². The monoisotopic (exact) mass is 392 g/mol. The lowest BCUT2D eigenvalue weighted by atomic mass is 10.0. The summed E-state index contributed by atoms with van der Waals surface area (Å²) in [7, 11) is 1.11. The van der Waals surface area contributed by atoms with Crippen molar-refractivity contribution in [2.75, 3.05) is 19.5 Å². The first-order valence-corrected chi connectivity index (χ1v) is 12.2. The zero-order valence-electron chi connectivity index (χ0n) is 16.3. The van der Waals surface area contributed by atoms with Crippen LogP contribution in [0.3, 0.4) is 0 Å². The molecule has 0 radical (unpaired) electrons. The summed E-state index contributed by atoms with van der Waals surface area (Å²) in [5, 5.41) is 5.67. The molecule has 0 saturated heterocycles. The highest BCUT2D eigenvalue weighted by Gasteiger charge is 2.26. The van der Waals surface area contributed by atoms with Gasteiger partial charge in [0.05, 0.1) is 14.7 Å². The molecule has 2 aromatic carbocycles. The molecule has 27 heavy (non-hydrogen) atoms. The van der Waals surface area contributed by atoms with E-state index in [1.165, 1.54) is 12.1 Å². The fourth-order valence-electron chi connectivity index (χ4n) is 3.00. The topological polar surface area (TPSA) is 50.4 Å². The molecule has 0 spiro atoms. The fraction of sp³-hybridized carbons (Fsp3) is 0.350. The molecule has 2 aromatic rings. The third-order valence-electron chi connectivity index (χ3n) is 4.23. The van der Waals surface area contributed by atoms with Crippen LogP contribution in [0.25, 0.3) is 0 Å². The summed E-state index contributed by atoms with van der Waals surface area (Å²) in [6.07, 6.45) is 0. The molecule has 1 amide bonds. The maximum atomic E-state index is 14.4. The van der Waals surface area contributed by atoms with Crippen molar-refractivity contribution in [3.05, 3.63) is 59.2 Å². The van der Waals surface area contributed by atoms with Crippen molar-refractivity contribution in [1.29, 1.82) is 0 Å². The number of benzene rings is 2. The van der Waals surface area contributed by atoms with Crippen molar-refractivity contribution >= 4 is 24.9 Å². The average molecular weight is 393 g/mol. The molecule has 2 N–H and O–H groups in total. The van der Waals surface area contributed by atoms with Crippen LogP contribution in [0.15, 0.2) is 36.4 Å². The maximum absolute atomic E-state index is 14.4. The van der Waals surface area contributed by atoms with Crippen LogP contribution in [-0.4, -0.2) is 28.1 Å². The fourth-order valence-corrected chi connectivity index (χ4v) is 4.58. The Hall–Kier alpha value is -2.09. The van der Waals surface area contributed by atoms with Crippen molar-refractivity contribution in [1.82, 2.24) is 5.32 Å². The zero-order valence-corrected chi connectivity index (χ0v) is 17.3. The molecular weight excluding hydrogens is 366 g/mol. The van der Waals surface area contributed by atoms with Crippen molar-refractivity contribution in [3.8, 4) is 0 Å². The van der Waals surface area contributed by atoms with Gasteiger partial charge in [0.2, 0.25) is 5.91 Å². The number of nitrogens with one attached hydrogen (secondary N) is 2. The van der Waals surface area contributed by atoms with E-state index in [-0.39, 0.29) is 10.9 Å². The maximum Gasteiger partial charge on any atom is 0.246 e. The Morgan fingerprint density at radius 2 is 1.67 bits per heavy atom. The van der Waals surface area contributed by atoms with E-state index in [1.807, 2.05) is 43.9 Å². The van der Waals surface area contributed by atoms with E-state index in [4.69, 9.17) is 4.74 Å². The molecule has 1 unspecified atom stereocenters. The number of carbonyl (C=O) groups is 1. The van der Waals surface area contributed by atoms with Gasteiger partial charge in [-0.3, -0.25) is 4.79 Å². The summed E-state index contributed by atoms with van der Waals surface area (Å²) in [5.74, 6) is -1.62. The molecule has 0 bridgehead atoms. The lowest BCUT2D eigenvalue weighted by molar-refractivity contribution is -0.118. The van der Waals surface area contributed by atoms with Gasteiger partial charge in [-0.15, -0.1) is 0 Å². The smallest absolute Gasteiger partial charge is 0.246 e. The lowest BCUT2D eigenvalue weighted by Gasteiger charge is -2.20. The van der Waals surface area contributed by atoms with E-state index in [2.05, 4.69) is 10.6 Å². The summed E-state index contributed by atoms with van der Waals surface area (Å²) in [5.41, 5.74) is 1.84. The van der Waals surface area contributed by atoms with Crippen LogP contribution in [0.2, 0.25) is 19.6 Å². The molecule has 0 heterocycles. The Bertz CT molecular complexity index is 782. The number of carbonyl (C=O) groups excluding carboxylic acids is 1. The normalized spacial score (nSPS) is 12.7. The second-order valence-electron chi connectivity index (χ2n) is 7.45. The summed E-state index contributed by atoms with van der Waals surface area (Å²) in [6, 6.07) is 9.11. The first kappa shape index (κ1) is 21.2. The third-order valence-corrected chi connectivity index (χ3v) is 6.21. The minimum absolute atomic E-state index is 0.105. The zero-order chi connectivity index (χ0) is 20.2. The first-order chi connectivity index (χ1) is 12.7.